The van der Waals surface area contributed by atoms with Crippen LogP contribution in [-0.4, -0.2) is 18.4 Å². The molecule has 15 heavy (non-hydrogen) atoms. The molecule has 0 aromatic heterocycles. The minimum Gasteiger partial charge on any atom is -0.494 e. The summed E-state index contributed by atoms with van der Waals surface area (Å²) in [4.78, 5) is 11.6. The van der Waals surface area contributed by atoms with Crippen molar-refractivity contribution in [3.8, 4) is 5.75 Å². The monoisotopic (exact) mass is 207 g/mol. The van der Waals surface area contributed by atoms with E-state index in [-0.39, 0.29) is 5.78 Å². The summed E-state index contributed by atoms with van der Waals surface area (Å²) in [6.07, 6.45) is 0. The summed E-state index contributed by atoms with van der Waals surface area (Å²) in [7, 11) is 0. The number of carbonyl (C=O) groups excluding carboxylic acids is 1. The van der Waals surface area contributed by atoms with Gasteiger partial charge in [0.2, 0.25) is 0 Å². The number of rotatable bonds is 4. The van der Waals surface area contributed by atoms with Crippen molar-refractivity contribution in [2.24, 2.45) is 5.73 Å². The van der Waals surface area contributed by atoms with Crippen molar-refractivity contribution in [3.63, 3.8) is 0 Å². The van der Waals surface area contributed by atoms with E-state index in [9.17, 15) is 4.79 Å². The molecule has 82 valence electrons. The highest BCUT2D eigenvalue weighted by Gasteiger charge is 2.11. The SMILES string of the molecule is CCOc1ccc(C(=O)C(C)N)cc1C. The zero-order valence-corrected chi connectivity index (χ0v) is 9.41. The lowest BCUT2D eigenvalue weighted by Crippen LogP contribution is -2.26. The van der Waals surface area contributed by atoms with Gasteiger partial charge in [-0.2, -0.15) is 0 Å². The fraction of sp³-hybridized carbons (Fsp3) is 0.417. The van der Waals surface area contributed by atoms with Gasteiger partial charge in [-0.1, -0.05) is 0 Å². The number of hydrogen-bond donors (Lipinski definition) is 1. The molecule has 0 saturated heterocycles. The van der Waals surface area contributed by atoms with E-state index in [1.54, 1.807) is 13.0 Å². The molecule has 1 aromatic rings. The summed E-state index contributed by atoms with van der Waals surface area (Å²) in [5.74, 6) is 0.778. The molecule has 0 bridgehead atoms. The van der Waals surface area contributed by atoms with Crippen LogP contribution in [0.2, 0.25) is 0 Å². The normalized spacial score (nSPS) is 12.3. The van der Waals surface area contributed by atoms with Crippen LogP contribution in [0.4, 0.5) is 0 Å². The van der Waals surface area contributed by atoms with Gasteiger partial charge in [0.25, 0.3) is 0 Å². The first kappa shape index (κ1) is 11.7. The first-order valence-electron chi connectivity index (χ1n) is 5.09. The summed E-state index contributed by atoms with van der Waals surface area (Å²) < 4.78 is 5.39. The van der Waals surface area contributed by atoms with E-state index in [2.05, 4.69) is 0 Å². The average molecular weight is 207 g/mol. The Labute approximate surface area is 90.2 Å². The van der Waals surface area contributed by atoms with Crippen LogP contribution in [0, 0.1) is 6.92 Å². The summed E-state index contributed by atoms with van der Waals surface area (Å²) in [5, 5.41) is 0. The lowest BCUT2D eigenvalue weighted by atomic mass is 10.0. The van der Waals surface area contributed by atoms with Crippen molar-refractivity contribution < 1.29 is 9.53 Å². The third kappa shape index (κ3) is 2.80. The van der Waals surface area contributed by atoms with Crippen molar-refractivity contribution >= 4 is 5.78 Å². The van der Waals surface area contributed by atoms with Gasteiger partial charge in [-0.15, -0.1) is 0 Å². The van der Waals surface area contributed by atoms with Crippen LogP contribution in [0.15, 0.2) is 18.2 Å². The zero-order valence-electron chi connectivity index (χ0n) is 9.41. The Morgan fingerprint density at radius 1 is 1.53 bits per heavy atom. The Hall–Kier alpha value is -1.35. The fourth-order valence-corrected chi connectivity index (χ4v) is 1.38. The van der Waals surface area contributed by atoms with E-state index in [1.165, 1.54) is 0 Å². The number of Topliss-reactive ketones (excluding diaryl/α,β-unsaturated/α-hetero) is 1. The molecule has 0 saturated carbocycles. The highest BCUT2D eigenvalue weighted by atomic mass is 16.5. The van der Waals surface area contributed by atoms with Gasteiger partial charge < -0.3 is 10.5 Å². The molecule has 3 nitrogen and oxygen atoms in total. The minimum absolute atomic E-state index is 0.0406. The van der Waals surface area contributed by atoms with Crippen molar-refractivity contribution in [2.75, 3.05) is 6.61 Å². The molecular weight excluding hydrogens is 190 g/mol. The fourth-order valence-electron chi connectivity index (χ4n) is 1.38. The van der Waals surface area contributed by atoms with Crippen LogP contribution in [0.25, 0.3) is 0 Å². The van der Waals surface area contributed by atoms with E-state index in [0.29, 0.717) is 12.2 Å². The van der Waals surface area contributed by atoms with Crippen molar-refractivity contribution in [2.45, 2.75) is 26.8 Å². The third-order valence-corrected chi connectivity index (χ3v) is 2.17. The molecular formula is C12H17NO2. The van der Waals surface area contributed by atoms with Gasteiger partial charge in [-0.3, -0.25) is 4.79 Å². The highest BCUT2D eigenvalue weighted by Crippen LogP contribution is 2.19. The van der Waals surface area contributed by atoms with Gasteiger partial charge in [-0.25, -0.2) is 0 Å². The Morgan fingerprint density at radius 3 is 2.67 bits per heavy atom. The minimum atomic E-state index is -0.456. The summed E-state index contributed by atoms with van der Waals surface area (Å²) in [6.45, 7) is 6.17. The van der Waals surface area contributed by atoms with E-state index >= 15 is 0 Å². The Bertz CT molecular complexity index is 359. The zero-order chi connectivity index (χ0) is 11.4. The maximum atomic E-state index is 11.6. The molecule has 3 heteroatoms. The molecule has 0 radical (unpaired) electrons. The number of benzene rings is 1. The summed E-state index contributed by atoms with van der Waals surface area (Å²) in [6, 6.07) is 4.93. The van der Waals surface area contributed by atoms with Gasteiger partial charge in [0, 0.05) is 5.56 Å². The Morgan fingerprint density at radius 2 is 2.20 bits per heavy atom. The average Bonchev–Trinajstić information content (AvgIpc) is 2.20. The second kappa shape index (κ2) is 4.94. The standard InChI is InChI=1S/C12H17NO2/c1-4-15-11-6-5-10(7-8(11)2)12(14)9(3)13/h5-7,9H,4,13H2,1-3H3. The van der Waals surface area contributed by atoms with Crippen LogP contribution in [0.5, 0.6) is 5.75 Å². The van der Waals surface area contributed by atoms with Crippen LogP contribution >= 0.6 is 0 Å². The molecule has 2 N–H and O–H groups in total. The number of carbonyl (C=O) groups is 1. The Balaban J connectivity index is 2.96. The van der Waals surface area contributed by atoms with E-state index < -0.39 is 6.04 Å². The van der Waals surface area contributed by atoms with Gasteiger partial charge >= 0.3 is 0 Å². The number of aryl methyl sites for hydroxylation is 1. The summed E-state index contributed by atoms with van der Waals surface area (Å²) >= 11 is 0. The molecule has 0 spiro atoms. The van der Waals surface area contributed by atoms with Gasteiger partial charge in [-0.05, 0) is 44.5 Å². The molecule has 1 aromatic carbocycles. The smallest absolute Gasteiger partial charge is 0.179 e. The molecule has 1 unspecified atom stereocenters. The van der Waals surface area contributed by atoms with E-state index in [4.69, 9.17) is 10.5 Å². The lowest BCUT2D eigenvalue weighted by molar-refractivity contribution is 0.0968. The number of ketones is 1. The maximum Gasteiger partial charge on any atom is 0.179 e. The molecule has 1 atom stereocenters. The number of ether oxygens (including phenoxy) is 1. The first-order chi connectivity index (χ1) is 7.06. The Kier molecular flexibility index (Phi) is 3.86. The second-order valence-corrected chi connectivity index (χ2v) is 3.57. The quantitative estimate of drug-likeness (QED) is 0.767. The molecule has 0 aliphatic heterocycles. The van der Waals surface area contributed by atoms with Crippen LogP contribution in [0.1, 0.15) is 29.8 Å². The van der Waals surface area contributed by atoms with Gasteiger partial charge in [0.1, 0.15) is 5.75 Å². The van der Waals surface area contributed by atoms with Crippen molar-refractivity contribution in [1.29, 1.82) is 0 Å². The van der Waals surface area contributed by atoms with E-state index in [0.717, 1.165) is 11.3 Å². The topological polar surface area (TPSA) is 52.3 Å². The number of hydrogen-bond acceptors (Lipinski definition) is 3. The first-order valence-corrected chi connectivity index (χ1v) is 5.09. The van der Waals surface area contributed by atoms with Crippen LogP contribution in [-0.2, 0) is 0 Å². The molecule has 0 heterocycles. The largest absolute Gasteiger partial charge is 0.494 e. The number of nitrogens with two attached hydrogens (primary N) is 1. The molecule has 0 aliphatic rings. The van der Waals surface area contributed by atoms with Crippen molar-refractivity contribution in [1.82, 2.24) is 0 Å². The maximum absolute atomic E-state index is 11.6. The van der Waals surface area contributed by atoms with Gasteiger partial charge in [0.05, 0.1) is 12.6 Å². The molecule has 0 aliphatic carbocycles. The molecule has 0 fully saturated rings. The predicted octanol–water partition coefficient (Wildman–Crippen LogP) is 1.92. The highest BCUT2D eigenvalue weighted by molar-refractivity contribution is 5.99. The van der Waals surface area contributed by atoms with Crippen LogP contribution in [0.3, 0.4) is 0 Å². The summed E-state index contributed by atoms with van der Waals surface area (Å²) in [5.41, 5.74) is 7.14. The van der Waals surface area contributed by atoms with Gasteiger partial charge in [0.15, 0.2) is 5.78 Å². The second-order valence-electron chi connectivity index (χ2n) is 3.57. The molecule has 0 amide bonds. The van der Waals surface area contributed by atoms with E-state index in [1.807, 2.05) is 26.0 Å². The third-order valence-electron chi connectivity index (χ3n) is 2.17. The van der Waals surface area contributed by atoms with Crippen molar-refractivity contribution in [3.05, 3.63) is 29.3 Å². The predicted molar refractivity (Wildman–Crippen MR) is 60.3 cm³/mol. The van der Waals surface area contributed by atoms with Crippen LogP contribution < -0.4 is 10.5 Å². The lowest BCUT2D eigenvalue weighted by Gasteiger charge is -2.09. The molecule has 1 rings (SSSR count).